The lowest BCUT2D eigenvalue weighted by molar-refractivity contribution is -0.122. The summed E-state index contributed by atoms with van der Waals surface area (Å²) in [6, 6.07) is 16.7. The first-order chi connectivity index (χ1) is 12.8. The molecule has 3 rings (SSSR count). The fourth-order valence-electron chi connectivity index (χ4n) is 3.18. The van der Waals surface area contributed by atoms with E-state index in [0.29, 0.717) is 17.8 Å². The van der Waals surface area contributed by atoms with Gasteiger partial charge in [-0.05, 0) is 41.3 Å². The average Bonchev–Trinajstić information content (AvgIpc) is 3.03. The van der Waals surface area contributed by atoms with Crippen LogP contribution in [0.4, 0.5) is 11.4 Å². The molecule has 1 saturated heterocycles. The average molecular weight is 361 g/mol. The van der Waals surface area contributed by atoms with Crippen molar-refractivity contribution in [3.05, 3.63) is 59.7 Å². The molecule has 0 radical (unpaired) electrons. The lowest BCUT2D eigenvalue weighted by Gasteiger charge is -2.21. The fourth-order valence-corrected chi connectivity index (χ4v) is 3.18. The van der Waals surface area contributed by atoms with Crippen molar-refractivity contribution in [3.63, 3.8) is 0 Å². The second-order valence-electron chi connectivity index (χ2n) is 7.88. The smallest absolute Gasteiger partial charge is 0.229 e. The maximum Gasteiger partial charge on any atom is 0.229 e. The highest BCUT2D eigenvalue weighted by atomic mass is 16.2. The van der Waals surface area contributed by atoms with E-state index in [0.717, 1.165) is 5.69 Å². The molecular weight excluding hydrogens is 338 g/mol. The molecule has 1 aliphatic heterocycles. The van der Waals surface area contributed by atoms with Crippen LogP contribution in [-0.2, 0) is 15.0 Å². The van der Waals surface area contributed by atoms with Crippen LogP contribution in [0, 0.1) is 17.2 Å². The summed E-state index contributed by atoms with van der Waals surface area (Å²) in [4.78, 5) is 26.6. The van der Waals surface area contributed by atoms with Crippen molar-refractivity contribution in [1.29, 1.82) is 5.26 Å². The molecule has 0 aromatic heterocycles. The Labute approximate surface area is 159 Å². The minimum Gasteiger partial charge on any atom is -0.326 e. The van der Waals surface area contributed by atoms with Crippen molar-refractivity contribution < 1.29 is 9.59 Å². The van der Waals surface area contributed by atoms with Gasteiger partial charge in [-0.25, -0.2) is 0 Å². The zero-order chi connectivity index (χ0) is 19.6. The van der Waals surface area contributed by atoms with Gasteiger partial charge in [0, 0.05) is 24.3 Å². The molecule has 1 atom stereocenters. The summed E-state index contributed by atoms with van der Waals surface area (Å²) in [7, 11) is 0. The number of hydrogen-bond donors (Lipinski definition) is 1. The largest absolute Gasteiger partial charge is 0.326 e. The third-order valence-corrected chi connectivity index (χ3v) is 4.80. The molecule has 1 unspecified atom stereocenters. The third kappa shape index (κ3) is 4.17. The quantitative estimate of drug-likeness (QED) is 0.902. The van der Waals surface area contributed by atoms with E-state index in [1.807, 2.05) is 30.3 Å². The Morgan fingerprint density at radius 1 is 1.19 bits per heavy atom. The number of nitrogens with one attached hydrogen (secondary N) is 1. The molecular formula is C22H23N3O2. The van der Waals surface area contributed by atoms with E-state index in [9.17, 15) is 9.59 Å². The minimum absolute atomic E-state index is 0.0495. The van der Waals surface area contributed by atoms with Crippen LogP contribution < -0.4 is 10.2 Å². The van der Waals surface area contributed by atoms with E-state index in [2.05, 4.69) is 26.1 Å². The molecule has 1 fully saturated rings. The lowest BCUT2D eigenvalue weighted by Crippen LogP contribution is -2.28. The summed E-state index contributed by atoms with van der Waals surface area (Å²) >= 11 is 0. The van der Waals surface area contributed by atoms with E-state index in [1.165, 1.54) is 5.56 Å². The Bertz CT molecular complexity index is 904. The van der Waals surface area contributed by atoms with Gasteiger partial charge >= 0.3 is 0 Å². The van der Waals surface area contributed by atoms with Crippen LogP contribution in [0.15, 0.2) is 48.5 Å². The number of anilines is 2. The van der Waals surface area contributed by atoms with E-state index >= 15 is 0 Å². The van der Waals surface area contributed by atoms with Gasteiger partial charge in [0.15, 0.2) is 0 Å². The van der Waals surface area contributed by atoms with E-state index in [-0.39, 0.29) is 23.7 Å². The first kappa shape index (κ1) is 18.7. The number of carbonyl (C=O) groups excluding carboxylic acids is 2. The Hall–Kier alpha value is -3.13. The van der Waals surface area contributed by atoms with Crippen LogP contribution in [0.5, 0.6) is 0 Å². The summed E-state index contributed by atoms with van der Waals surface area (Å²) in [6.07, 6.45) is 0.185. The molecule has 1 heterocycles. The predicted octanol–water partition coefficient (Wildman–Crippen LogP) is 3.85. The third-order valence-electron chi connectivity index (χ3n) is 4.80. The monoisotopic (exact) mass is 361 g/mol. The molecule has 138 valence electrons. The molecule has 0 aliphatic carbocycles. The molecule has 0 bridgehead atoms. The highest BCUT2D eigenvalue weighted by Crippen LogP contribution is 2.29. The standard InChI is InChI=1S/C22H23N3O2/c1-22(2,3)17-7-9-19(10-8-17)25-14-16(12-20(25)26)21(27)24-18-6-4-5-15(11-18)13-23/h4-11,16H,12,14H2,1-3H3,(H,24,27). The number of rotatable bonds is 3. The van der Waals surface area contributed by atoms with Crippen molar-refractivity contribution >= 4 is 23.2 Å². The van der Waals surface area contributed by atoms with Crippen molar-refractivity contribution in [3.8, 4) is 6.07 Å². The number of nitriles is 1. The highest BCUT2D eigenvalue weighted by Gasteiger charge is 2.35. The summed E-state index contributed by atoms with van der Waals surface area (Å²) < 4.78 is 0. The Morgan fingerprint density at radius 2 is 1.89 bits per heavy atom. The molecule has 27 heavy (non-hydrogen) atoms. The van der Waals surface area contributed by atoms with Crippen molar-refractivity contribution in [2.45, 2.75) is 32.6 Å². The minimum atomic E-state index is -0.412. The SMILES string of the molecule is CC(C)(C)c1ccc(N2CC(C(=O)Nc3cccc(C#N)c3)CC2=O)cc1. The van der Waals surface area contributed by atoms with Gasteiger partial charge in [0.2, 0.25) is 11.8 Å². The van der Waals surface area contributed by atoms with Gasteiger partial charge in [0.25, 0.3) is 0 Å². The molecule has 0 spiro atoms. The number of amides is 2. The fraction of sp³-hybridized carbons (Fsp3) is 0.318. The number of nitrogens with zero attached hydrogens (tertiary/aromatic N) is 2. The van der Waals surface area contributed by atoms with E-state index < -0.39 is 5.92 Å². The van der Waals surface area contributed by atoms with Gasteiger partial charge < -0.3 is 10.2 Å². The molecule has 5 nitrogen and oxygen atoms in total. The zero-order valence-electron chi connectivity index (χ0n) is 15.8. The van der Waals surface area contributed by atoms with E-state index in [1.54, 1.807) is 29.2 Å². The van der Waals surface area contributed by atoms with Gasteiger partial charge in [-0.2, -0.15) is 5.26 Å². The zero-order valence-corrected chi connectivity index (χ0v) is 15.8. The Kier molecular flexibility index (Phi) is 5.00. The van der Waals surface area contributed by atoms with Crippen molar-refractivity contribution in [2.24, 2.45) is 5.92 Å². The number of hydrogen-bond acceptors (Lipinski definition) is 3. The summed E-state index contributed by atoms with van der Waals surface area (Å²) in [5.41, 5.74) is 3.11. The van der Waals surface area contributed by atoms with Crippen LogP contribution in [0.2, 0.25) is 0 Å². The maximum atomic E-state index is 12.5. The van der Waals surface area contributed by atoms with Crippen LogP contribution in [0.1, 0.15) is 38.3 Å². The molecule has 1 N–H and O–H groups in total. The molecule has 2 aromatic rings. The molecule has 1 aliphatic rings. The molecule has 2 aromatic carbocycles. The van der Waals surface area contributed by atoms with Gasteiger partial charge in [0.05, 0.1) is 17.6 Å². The van der Waals surface area contributed by atoms with Gasteiger partial charge in [-0.15, -0.1) is 0 Å². The van der Waals surface area contributed by atoms with Crippen LogP contribution in [-0.4, -0.2) is 18.4 Å². The van der Waals surface area contributed by atoms with Crippen molar-refractivity contribution in [1.82, 2.24) is 0 Å². The van der Waals surface area contributed by atoms with Gasteiger partial charge in [-0.3, -0.25) is 9.59 Å². The number of benzene rings is 2. The highest BCUT2D eigenvalue weighted by molar-refractivity contribution is 6.03. The van der Waals surface area contributed by atoms with Crippen LogP contribution >= 0.6 is 0 Å². The van der Waals surface area contributed by atoms with Gasteiger partial charge in [0.1, 0.15) is 0 Å². The molecule has 2 amide bonds. The Balaban J connectivity index is 1.69. The summed E-state index contributed by atoms with van der Waals surface area (Å²) in [5, 5.41) is 11.8. The molecule has 5 heteroatoms. The van der Waals surface area contributed by atoms with Crippen LogP contribution in [0.25, 0.3) is 0 Å². The first-order valence-electron chi connectivity index (χ1n) is 9.00. The first-order valence-corrected chi connectivity index (χ1v) is 9.00. The summed E-state index contributed by atoms with van der Waals surface area (Å²) in [6.45, 7) is 6.79. The van der Waals surface area contributed by atoms with Gasteiger partial charge in [-0.1, -0.05) is 39.0 Å². The van der Waals surface area contributed by atoms with Crippen LogP contribution in [0.3, 0.4) is 0 Å². The topological polar surface area (TPSA) is 73.2 Å². The maximum absolute atomic E-state index is 12.5. The lowest BCUT2D eigenvalue weighted by atomic mass is 9.87. The van der Waals surface area contributed by atoms with E-state index in [4.69, 9.17) is 5.26 Å². The second-order valence-corrected chi connectivity index (χ2v) is 7.88. The summed E-state index contributed by atoms with van der Waals surface area (Å²) in [5.74, 6) is -0.665. The molecule has 0 saturated carbocycles. The Morgan fingerprint density at radius 3 is 2.52 bits per heavy atom. The van der Waals surface area contributed by atoms with Crippen molar-refractivity contribution in [2.75, 3.05) is 16.8 Å². The normalized spacial score (nSPS) is 16.9. The predicted molar refractivity (Wildman–Crippen MR) is 105 cm³/mol. The second kappa shape index (κ2) is 7.24. The number of carbonyl (C=O) groups is 2.